The van der Waals surface area contributed by atoms with Gasteiger partial charge in [0.05, 0.1) is 10.6 Å². The minimum Gasteiger partial charge on any atom is -0.337 e. The molecule has 0 saturated carbocycles. The standard InChI is InChI=1S/C17H17ClN2O/c18-16-7-6-13(12-4-2-1-3-5-12)10-15(16)17(21)20-9-8-14(19)11-20/h1-7,10,14H,8-9,11,19H2/t14-/m1/s1. The van der Waals surface area contributed by atoms with Gasteiger partial charge in [-0.2, -0.15) is 0 Å². The smallest absolute Gasteiger partial charge is 0.255 e. The lowest BCUT2D eigenvalue weighted by Crippen LogP contribution is -2.32. The van der Waals surface area contributed by atoms with E-state index in [4.69, 9.17) is 17.3 Å². The third kappa shape index (κ3) is 2.94. The second-order valence-electron chi connectivity index (χ2n) is 5.36. The van der Waals surface area contributed by atoms with Gasteiger partial charge in [0.25, 0.3) is 5.91 Å². The molecule has 0 spiro atoms. The number of carbonyl (C=O) groups is 1. The second-order valence-corrected chi connectivity index (χ2v) is 5.77. The summed E-state index contributed by atoms with van der Waals surface area (Å²) in [5, 5.41) is 0.486. The first-order valence-corrected chi connectivity index (χ1v) is 7.43. The molecule has 2 N–H and O–H groups in total. The molecule has 1 saturated heterocycles. The normalized spacial score (nSPS) is 18.0. The first-order chi connectivity index (χ1) is 10.1. The Morgan fingerprint density at radius 1 is 1.14 bits per heavy atom. The average Bonchev–Trinajstić information content (AvgIpc) is 2.94. The van der Waals surface area contributed by atoms with Crippen LogP contribution in [0.1, 0.15) is 16.8 Å². The lowest BCUT2D eigenvalue weighted by molar-refractivity contribution is 0.0791. The molecule has 0 aromatic heterocycles. The van der Waals surface area contributed by atoms with Crippen LogP contribution in [0.25, 0.3) is 11.1 Å². The number of likely N-dealkylation sites (tertiary alicyclic amines) is 1. The van der Waals surface area contributed by atoms with Gasteiger partial charge in [0, 0.05) is 19.1 Å². The van der Waals surface area contributed by atoms with Crippen LogP contribution in [0, 0.1) is 0 Å². The van der Waals surface area contributed by atoms with Crippen molar-refractivity contribution < 1.29 is 4.79 Å². The van der Waals surface area contributed by atoms with Crippen molar-refractivity contribution in [2.75, 3.05) is 13.1 Å². The summed E-state index contributed by atoms with van der Waals surface area (Å²) in [6, 6.07) is 15.6. The van der Waals surface area contributed by atoms with E-state index >= 15 is 0 Å². The van der Waals surface area contributed by atoms with Crippen LogP contribution in [0.3, 0.4) is 0 Å². The number of nitrogens with two attached hydrogens (primary N) is 1. The average molecular weight is 301 g/mol. The summed E-state index contributed by atoms with van der Waals surface area (Å²) in [7, 11) is 0. The molecule has 0 bridgehead atoms. The summed E-state index contributed by atoms with van der Waals surface area (Å²) in [6.45, 7) is 1.30. The molecule has 108 valence electrons. The van der Waals surface area contributed by atoms with Gasteiger partial charge in [-0.05, 0) is 29.7 Å². The van der Waals surface area contributed by atoms with Crippen LogP contribution in [0.15, 0.2) is 48.5 Å². The molecule has 21 heavy (non-hydrogen) atoms. The lowest BCUT2D eigenvalue weighted by Gasteiger charge is -2.17. The molecule has 0 aliphatic carbocycles. The Labute approximate surface area is 129 Å². The zero-order valence-corrected chi connectivity index (χ0v) is 12.4. The molecule has 1 amide bonds. The zero-order valence-electron chi connectivity index (χ0n) is 11.6. The van der Waals surface area contributed by atoms with E-state index in [0.717, 1.165) is 17.5 Å². The van der Waals surface area contributed by atoms with Gasteiger partial charge in [0.2, 0.25) is 0 Å². The van der Waals surface area contributed by atoms with Crippen LogP contribution in [0.2, 0.25) is 5.02 Å². The van der Waals surface area contributed by atoms with E-state index in [1.807, 2.05) is 42.5 Å². The number of nitrogens with zero attached hydrogens (tertiary/aromatic N) is 1. The molecule has 1 aliphatic rings. The Hall–Kier alpha value is -1.84. The van der Waals surface area contributed by atoms with Gasteiger partial charge in [0.1, 0.15) is 0 Å². The van der Waals surface area contributed by atoms with E-state index < -0.39 is 0 Å². The molecular formula is C17H17ClN2O. The van der Waals surface area contributed by atoms with E-state index in [1.165, 1.54) is 0 Å². The highest BCUT2D eigenvalue weighted by Gasteiger charge is 2.26. The van der Waals surface area contributed by atoms with Crippen LogP contribution in [0.4, 0.5) is 0 Å². The number of hydrogen-bond donors (Lipinski definition) is 1. The predicted molar refractivity (Wildman–Crippen MR) is 85.4 cm³/mol. The fourth-order valence-corrected chi connectivity index (χ4v) is 2.84. The molecule has 3 rings (SSSR count). The fraction of sp³-hybridized carbons (Fsp3) is 0.235. The van der Waals surface area contributed by atoms with Gasteiger partial charge in [-0.3, -0.25) is 4.79 Å². The van der Waals surface area contributed by atoms with Crippen LogP contribution in [-0.4, -0.2) is 29.9 Å². The monoisotopic (exact) mass is 300 g/mol. The quantitative estimate of drug-likeness (QED) is 0.926. The molecule has 1 heterocycles. The molecule has 2 aromatic carbocycles. The molecule has 1 aliphatic heterocycles. The summed E-state index contributed by atoms with van der Waals surface area (Å²) in [6.07, 6.45) is 0.849. The van der Waals surface area contributed by atoms with Crippen molar-refractivity contribution in [1.29, 1.82) is 0 Å². The van der Waals surface area contributed by atoms with Crippen molar-refractivity contribution in [2.24, 2.45) is 5.73 Å². The van der Waals surface area contributed by atoms with Crippen molar-refractivity contribution in [3.63, 3.8) is 0 Å². The molecule has 0 radical (unpaired) electrons. The third-order valence-electron chi connectivity index (χ3n) is 3.82. The second kappa shape index (κ2) is 5.88. The zero-order chi connectivity index (χ0) is 14.8. The number of rotatable bonds is 2. The Balaban J connectivity index is 1.93. The van der Waals surface area contributed by atoms with E-state index in [-0.39, 0.29) is 11.9 Å². The van der Waals surface area contributed by atoms with Crippen LogP contribution in [-0.2, 0) is 0 Å². The van der Waals surface area contributed by atoms with Gasteiger partial charge >= 0.3 is 0 Å². The van der Waals surface area contributed by atoms with Crippen LogP contribution < -0.4 is 5.73 Å². The first kappa shape index (κ1) is 14.1. The minimum absolute atomic E-state index is 0.0364. The van der Waals surface area contributed by atoms with Gasteiger partial charge in [-0.1, -0.05) is 48.0 Å². The van der Waals surface area contributed by atoms with Crippen molar-refractivity contribution in [3.05, 3.63) is 59.1 Å². The summed E-state index contributed by atoms with van der Waals surface area (Å²) in [5.74, 6) is -0.0364. The molecule has 1 atom stereocenters. The van der Waals surface area contributed by atoms with Gasteiger partial charge in [-0.15, -0.1) is 0 Å². The Bertz CT molecular complexity index is 657. The topological polar surface area (TPSA) is 46.3 Å². The lowest BCUT2D eigenvalue weighted by atomic mass is 10.0. The highest BCUT2D eigenvalue weighted by atomic mass is 35.5. The van der Waals surface area contributed by atoms with Crippen molar-refractivity contribution in [2.45, 2.75) is 12.5 Å². The molecular weight excluding hydrogens is 284 g/mol. The summed E-state index contributed by atoms with van der Waals surface area (Å²) < 4.78 is 0. The SMILES string of the molecule is N[C@@H]1CCN(C(=O)c2cc(-c3ccccc3)ccc2Cl)C1. The maximum absolute atomic E-state index is 12.6. The summed E-state index contributed by atoms with van der Waals surface area (Å²) in [4.78, 5) is 14.4. The van der Waals surface area contributed by atoms with Gasteiger partial charge in [-0.25, -0.2) is 0 Å². The van der Waals surface area contributed by atoms with E-state index in [9.17, 15) is 4.79 Å². The molecule has 0 unspecified atom stereocenters. The van der Waals surface area contributed by atoms with Crippen LogP contribution >= 0.6 is 11.6 Å². The van der Waals surface area contributed by atoms with E-state index in [0.29, 0.717) is 23.7 Å². The third-order valence-corrected chi connectivity index (χ3v) is 4.15. The highest BCUT2D eigenvalue weighted by Crippen LogP contribution is 2.27. The first-order valence-electron chi connectivity index (χ1n) is 7.05. The molecule has 2 aromatic rings. The minimum atomic E-state index is -0.0364. The molecule has 3 nitrogen and oxygen atoms in total. The highest BCUT2D eigenvalue weighted by molar-refractivity contribution is 6.34. The van der Waals surface area contributed by atoms with Crippen LogP contribution in [0.5, 0.6) is 0 Å². The van der Waals surface area contributed by atoms with E-state index in [2.05, 4.69) is 0 Å². The maximum atomic E-state index is 12.6. The Morgan fingerprint density at radius 2 is 1.90 bits per heavy atom. The summed E-state index contributed by atoms with van der Waals surface area (Å²) >= 11 is 6.21. The molecule has 1 fully saturated rings. The largest absolute Gasteiger partial charge is 0.337 e. The van der Waals surface area contributed by atoms with Gasteiger partial charge in [0.15, 0.2) is 0 Å². The van der Waals surface area contributed by atoms with Crippen molar-refractivity contribution in [3.8, 4) is 11.1 Å². The molecule has 4 heteroatoms. The number of halogens is 1. The number of benzene rings is 2. The van der Waals surface area contributed by atoms with Crippen molar-refractivity contribution >= 4 is 17.5 Å². The number of hydrogen-bond acceptors (Lipinski definition) is 2. The number of carbonyl (C=O) groups excluding carboxylic acids is 1. The number of amides is 1. The fourth-order valence-electron chi connectivity index (χ4n) is 2.64. The predicted octanol–water partition coefficient (Wildman–Crippen LogP) is 3.18. The van der Waals surface area contributed by atoms with E-state index in [1.54, 1.807) is 11.0 Å². The van der Waals surface area contributed by atoms with Gasteiger partial charge < -0.3 is 10.6 Å². The Morgan fingerprint density at radius 3 is 2.57 bits per heavy atom. The van der Waals surface area contributed by atoms with Crippen molar-refractivity contribution in [1.82, 2.24) is 4.90 Å². The maximum Gasteiger partial charge on any atom is 0.255 e. The Kier molecular flexibility index (Phi) is 3.95. The summed E-state index contributed by atoms with van der Waals surface area (Å²) in [5.41, 5.74) is 8.48.